The summed E-state index contributed by atoms with van der Waals surface area (Å²) >= 11 is 0. The highest BCUT2D eigenvalue weighted by Crippen LogP contribution is 2.30. The van der Waals surface area contributed by atoms with E-state index in [1.54, 1.807) is 12.1 Å². The Kier molecular flexibility index (Phi) is 6.85. The molecule has 35 heavy (non-hydrogen) atoms. The summed E-state index contributed by atoms with van der Waals surface area (Å²) in [5.74, 6) is -0.568. The summed E-state index contributed by atoms with van der Waals surface area (Å²) in [5.41, 5.74) is -0.103. The summed E-state index contributed by atoms with van der Waals surface area (Å²) in [6.45, 7) is 2.77. The lowest BCUT2D eigenvalue weighted by Gasteiger charge is -2.32. The number of pyridine rings is 1. The van der Waals surface area contributed by atoms with Crippen LogP contribution < -0.4 is 15.5 Å². The van der Waals surface area contributed by atoms with Gasteiger partial charge in [-0.2, -0.15) is 13.2 Å². The molecule has 2 aromatic heterocycles. The lowest BCUT2D eigenvalue weighted by atomic mass is 10.1. The summed E-state index contributed by atoms with van der Waals surface area (Å²) in [6.07, 6.45) is -1.62. The van der Waals surface area contributed by atoms with Crippen molar-refractivity contribution in [3.8, 4) is 0 Å². The van der Waals surface area contributed by atoms with E-state index in [0.29, 0.717) is 31.6 Å². The summed E-state index contributed by atoms with van der Waals surface area (Å²) in [7, 11) is 0. The Hall–Kier alpha value is -4.16. The molecule has 0 atom stereocenters. The molecule has 3 heterocycles. The Morgan fingerprint density at radius 2 is 1.74 bits per heavy atom. The Bertz CT molecular complexity index is 1170. The summed E-state index contributed by atoms with van der Waals surface area (Å²) < 4.78 is 48.5. The molecule has 0 unspecified atom stereocenters. The first-order valence-corrected chi connectivity index (χ1v) is 10.6. The van der Waals surface area contributed by atoms with Crippen LogP contribution in [0.25, 0.3) is 0 Å². The number of hydrogen-bond acceptors (Lipinski definition) is 9. The maximum Gasteiger partial charge on any atom is 0.416 e. The fraction of sp³-hybridized carbons (Fsp3) is 0.318. The molecule has 0 saturated carbocycles. The predicted octanol–water partition coefficient (Wildman–Crippen LogP) is 4.01. The van der Waals surface area contributed by atoms with E-state index in [2.05, 4.69) is 30.7 Å². The molecule has 1 aliphatic heterocycles. The average Bonchev–Trinajstić information content (AvgIpc) is 3.28. The van der Waals surface area contributed by atoms with Gasteiger partial charge in [-0.05, 0) is 36.4 Å². The second-order valence-corrected chi connectivity index (χ2v) is 7.77. The molecule has 0 bridgehead atoms. The van der Waals surface area contributed by atoms with Gasteiger partial charge in [0.05, 0.1) is 17.4 Å². The van der Waals surface area contributed by atoms with E-state index < -0.39 is 17.6 Å². The molecule has 184 valence electrons. The van der Waals surface area contributed by atoms with E-state index >= 15 is 0 Å². The first-order chi connectivity index (χ1) is 16.7. The number of halogens is 3. The van der Waals surface area contributed by atoms with E-state index in [-0.39, 0.29) is 29.7 Å². The number of esters is 1. The van der Waals surface area contributed by atoms with Crippen LogP contribution in [0.4, 0.5) is 36.4 Å². The van der Waals surface area contributed by atoms with Gasteiger partial charge in [-0.15, -0.1) is 5.10 Å². The fourth-order valence-electron chi connectivity index (χ4n) is 3.50. The molecule has 10 nitrogen and oxygen atoms in total. The normalized spacial score (nSPS) is 14.5. The third-order valence-electron chi connectivity index (χ3n) is 5.19. The number of carbonyl (C=O) groups is 2. The number of piperidine rings is 1. The van der Waals surface area contributed by atoms with Gasteiger partial charge in [0, 0.05) is 38.5 Å². The molecule has 13 heteroatoms. The van der Waals surface area contributed by atoms with Gasteiger partial charge in [0.2, 0.25) is 0 Å². The number of benzene rings is 1. The molecule has 1 amide bonds. The zero-order chi connectivity index (χ0) is 25.0. The van der Waals surface area contributed by atoms with Gasteiger partial charge in [0.15, 0.2) is 0 Å². The minimum atomic E-state index is -4.44. The highest BCUT2D eigenvalue weighted by Gasteiger charge is 2.30. The molecule has 1 aliphatic rings. The van der Waals surface area contributed by atoms with E-state index in [0.717, 1.165) is 18.0 Å². The lowest BCUT2D eigenvalue weighted by molar-refractivity contribution is -0.147. The van der Waals surface area contributed by atoms with Crippen molar-refractivity contribution in [1.29, 1.82) is 0 Å². The lowest BCUT2D eigenvalue weighted by Crippen LogP contribution is -2.38. The number of hydrogen-bond donors (Lipinski definition) is 2. The quantitative estimate of drug-likeness (QED) is 0.494. The van der Waals surface area contributed by atoms with Gasteiger partial charge in [0.25, 0.3) is 0 Å². The SMILES string of the molecule is CC(=O)OC1CCN(c2ccc(NC(=O)c3nnc(Nc4ccc(C(F)(F)F)cc4)o3)cn2)CC1. The molecular weight excluding hydrogens is 469 g/mol. The van der Waals surface area contributed by atoms with Crippen molar-refractivity contribution in [3.63, 3.8) is 0 Å². The van der Waals surface area contributed by atoms with Gasteiger partial charge in [-0.25, -0.2) is 4.98 Å². The van der Waals surface area contributed by atoms with E-state index in [1.807, 2.05) is 0 Å². The summed E-state index contributed by atoms with van der Waals surface area (Å²) in [6, 6.07) is 7.51. The number of anilines is 4. The monoisotopic (exact) mass is 490 g/mol. The van der Waals surface area contributed by atoms with Crippen molar-refractivity contribution in [2.75, 3.05) is 28.6 Å². The van der Waals surface area contributed by atoms with Crippen LogP contribution in [0.5, 0.6) is 0 Å². The molecule has 0 aliphatic carbocycles. The molecule has 0 radical (unpaired) electrons. The fourth-order valence-corrected chi connectivity index (χ4v) is 3.50. The standard InChI is InChI=1S/C22H21F3N6O4/c1-13(32)34-17-8-10-31(11-9-17)18-7-6-16(12-26-18)27-19(33)20-29-30-21(35-20)28-15-4-2-14(3-5-15)22(23,24)25/h2-7,12,17H,8-11H2,1H3,(H,27,33)(H,28,30). The minimum Gasteiger partial charge on any atom is -0.462 e. The molecule has 3 aromatic rings. The summed E-state index contributed by atoms with van der Waals surface area (Å²) in [4.78, 5) is 29.9. The Morgan fingerprint density at radius 3 is 2.34 bits per heavy atom. The number of alkyl halides is 3. The number of nitrogens with one attached hydrogen (secondary N) is 2. The Morgan fingerprint density at radius 1 is 1.06 bits per heavy atom. The minimum absolute atomic E-state index is 0.0876. The highest BCUT2D eigenvalue weighted by molar-refractivity contribution is 6.00. The molecule has 1 aromatic carbocycles. The molecule has 0 spiro atoms. The van der Waals surface area contributed by atoms with Crippen LogP contribution in [0.15, 0.2) is 47.0 Å². The van der Waals surface area contributed by atoms with Crippen LogP contribution >= 0.6 is 0 Å². The maximum absolute atomic E-state index is 12.7. The predicted molar refractivity (Wildman–Crippen MR) is 118 cm³/mol. The maximum atomic E-state index is 12.7. The van der Waals surface area contributed by atoms with E-state index in [1.165, 1.54) is 25.3 Å². The average molecular weight is 490 g/mol. The molecule has 4 rings (SSSR count). The molecule has 1 saturated heterocycles. The molecule has 2 N–H and O–H groups in total. The van der Waals surface area contributed by atoms with Crippen LogP contribution in [-0.4, -0.2) is 46.3 Å². The van der Waals surface area contributed by atoms with Crippen molar-refractivity contribution in [2.45, 2.75) is 32.0 Å². The number of nitrogens with zero attached hydrogens (tertiary/aromatic N) is 4. The van der Waals surface area contributed by atoms with Crippen LogP contribution in [0, 0.1) is 0 Å². The van der Waals surface area contributed by atoms with Crippen molar-refractivity contribution < 1.29 is 31.9 Å². The third kappa shape index (κ3) is 6.25. The first-order valence-electron chi connectivity index (χ1n) is 10.6. The number of carbonyl (C=O) groups excluding carboxylic acids is 2. The van der Waals surface area contributed by atoms with Crippen molar-refractivity contribution in [2.24, 2.45) is 0 Å². The summed E-state index contributed by atoms with van der Waals surface area (Å²) in [5, 5.41) is 12.6. The number of amides is 1. The van der Waals surface area contributed by atoms with Gasteiger partial charge < -0.3 is 24.7 Å². The zero-order valence-corrected chi connectivity index (χ0v) is 18.5. The van der Waals surface area contributed by atoms with E-state index in [4.69, 9.17) is 9.15 Å². The van der Waals surface area contributed by atoms with E-state index in [9.17, 15) is 22.8 Å². The molecule has 1 fully saturated rings. The Labute approximate surface area is 197 Å². The van der Waals surface area contributed by atoms with Crippen molar-refractivity contribution >= 4 is 35.1 Å². The van der Waals surface area contributed by atoms with Gasteiger partial charge in [-0.3, -0.25) is 9.59 Å². The smallest absolute Gasteiger partial charge is 0.416 e. The van der Waals surface area contributed by atoms with Gasteiger partial charge in [0.1, 0.15) is 11.9 Å². The second kappa shape index (κ2) is 9.99. The number of ether oxygens (including phenoxy) is 1. The third-order valence-corrected chi connectivity index (χ3v) is 5.19. The second-order valence-electron chi connectivity index (χ2n) is 7.77. The van der Waals surface area contributed by atoms with Crippen LogP contribution in [0.3, 0.4) is 0 Å². The Balaban J connectivity index is 1.30. The van der Waals surface area contributed by atoms with Crippen LogP contribution in [0.1, 0.15) is 36.0 Å². The topological polar surface area (TPSA) is 122 Å². The number of aromatic nitrogens is 3. The van der Waals surface area contributed by atoms with Crippen LogP contribution in [0.2, 0.25) is 0 Å². The van der Waals surface area contributed by atoms with Crippen molar-refractivity contribution in [1.82, 2.24) is 15.2 Å². The number of rotatable bonds is 6. The largest absolute Gasteiger partial charge is 0.462 e. The van der Waals surface area contributed by atoms with Gasteiger partial charge >= 0.3 is 30.0 Å². The highest BCUT2D eigenvalue weighted by atomic mass is 19.4. The van der Waals surface area contributed by atoms with Gasteiger partial charge in [-0.1, -0.05) is 5.10 Å². The van der Waals surface area contributed by atoms with Crippen molar-refractivity contribution in [3.05, 3.63) is 54.0 Å². The zero-order valence-electron chi connectivity index (χ0n) is 18.5. The van der Waals surface area contributed by atoms with Crippen LogP contribution in [-0.2, 0) is 15.7 Å². The first kappa shape index (κ1) is 24.0. The molecular formula is C22H21F3N6O4.